The molecule has 2 bridgehead atoms. The SMILES string of the molecule is CC(=O)c1cc(Sc2ccc(C(=O)NC3CN4CCC3CC4)cc2)no1. The van der Waals surface area contributed by atoms with Gasteiger partial charge in [0.15, 0.2) is 5.78 Å². The second kappa shape index (κ2) is 7.25. The van der Waals surface area contributed by atoms with Gasteiger partial charge < -0.3 is 14.7 Å². The quantitative estimate of drug-likeness (QED) is 0.815. The molecular weight excluding hydrogens is 350 g/mol. The summed E-state index contributed by atoms with van der Waals surface area (Å²) in [5.41, 5.74) is 0.662. The summed E-state index contributed by atoms with van der Waals surface area (Å²) in [7, 11) is 0. The van der Waals surface area contributed by atoms with Gasteiger partial charge in [-0.15, -0.1) is 0 Å². The van der Waals surface area contributed by atoms with E-state index in [0.717, 1.165) is 24.5 Å². The van der Waals surface area contributed by atoms with Crippen molar-refractivity contribution in [3.63, 3.8) is 0 Å². The maximum atomic E-state index is 12.5. The molecule has 26 heavy (non-hydrogen) atoms. The van der Waals surface area contributed by atoms with E-state index in [2.05, 4.69) is 15.4 Å². The minimum absolute atomic E-state index is 0.0133. The van der Waals surface area contributed by atoms with E-state index < -0.39 is 0 Å². The Labute approximate surface area is 156 Å². The van der Waals surface area contributed by atoms with Crippen LogP contribution in [0.1, 0.15) is 40.7 Å². The van der Waals surface area contributed by atoms with Crippen LogP contribution in [0.3, 0.4) is 0 Å². The number of ketones is 1. The number of nitrogens with one attached hydrogen (secondary N) is 1. The van der Waals surface area contributed by atoms with Crippen LogP contribution in [0.15, 0.2) is 44.8 Å². The van der Waals surface area contributed by atoms with Gasteiger partial charge in [-0.1, -0.05) is 16.9 Å². The Morgan fingerprint density at radius 1 is 1.23 bits per heavy atom. The highest BCUT2D eigenvalue weighted by atomic mass is 32.2. The predicted octanol–water partition coefficient (Wildman–Crippen LogP) is 2.85. The van der Waals surface area contributed by atoms with Crippen LogP contribution in [-0.4, -0.2) is 47.4 Å². The molecule has 3 fully saturated rings. The van der Waals surface area contributed by atoms with E-state index in [1.165, 1.54) is 31.5 Å². The number of nitrogens with zero attached hydrogens (tertiary/aromatic N) is 2. The van der Waals surface area contributed by atoms with Crippen molar-refractivity contribution in [2.45, 2.75) is 35.7 Å². The maximum Gasteiger partial charge on any atom is 0.251 e. The smallest absolute Gasteiger partial charge is 0.251 e. The Kier molecular flexibility index (Phi) is 4.82. The molecule has 3 aliphatic heterocycles. The molecule has 1 amide bonds. The Bertz CT molecular complexity index is 810. The molecule has 2 aromatic rings. The fourth-order valence-electron chi connectivity index (χ4n) is 3.65. The normalized spacial score (nSPS) is 24.4. The van der Waals surface area contributed by atoms with Crippen molar-refractivity contribution in [2.24, 2.45) is 5.92 Å². The van der Waals surface area contributed by atoms with Gasteiger partial charge in [-0.3, -0.25) is 9.59 Å². The number of rotatable bonds is 5. The molecule has 5 rings (SSSR count). The number of aromatic nitrogens is 1. The van der Waals surface area contributed by atoms with Crippen LogP contribution < -0.4 is 5.32 Å². The van der Waals surface area contributed by atoms with Gasteiger partial charge in [0.25, 0.3) is 5.91 Å². The number of Topliss-reactive ketones (excluding diaryl/α,β-unsaturated/α-hetero) is 1. The Balaban J connectivity index is 1.37. The summed E-state index contributed by atoms with van der Waals surface area (Å²) >= 11 is 1.40. The van der Waals surface area contributed by atoms with Crippen LogP contribution in [0.5, 0.6) is 0 Å². The first-order valence-electron chi connectivity index (χ1n) is 8.87. The Hall–Kier alpha value is -2.12. The highest BCUT2D eigenvalue weighted by molar-refractivity contribution is 7.99. The molecule has 0 aliphatic carbocycles. The van der Waals surface area contributed by atoms with Crippen LogP contribution in [0.2, 0.25) is 0 Å². The molecule has 3 aliphatic rings. The summed E-state index contributed by atoms with van der Waals surface area (Å²) < 4.78 is 4.98. The summed E-state index contributed by atoms with van der Waals surface area (Å²) in [6.07, 6.45) is 2.36. The van der Waals surface area contributed by atoms with E-state index in [1.807, 2.05) is 24.3 Å². The molecule has 3 saturated heterocycles. The number of fused-ring (bicyclic) bond motifs is 3. The lowest BCUT2D eigenvalue weighted by Crippen LogP contribution is -2.57. The second-order valence-corrected chi connectivity index (χ2v) is 8.02. The number of benzene rings is 1. The van der Waals surface area contributed by atoms with Crippen LogP contribution in [0, 0.1) is 5.92 Å². The van der Waals surface area contributed by atoms with Crippen molar-refractivity contribution < 1.29 is 14.1 Å². The van der Waals surface area contributed by atoms with Gasteiger partial charge in [-0.25, -0.2) is 0 Å². The number of piperidine rings is 3. The summed E-state index contributed by atoms with van der Waals surface area (Å²) in [5, 5.41) is 7.70. The van der Waals surface area contributed by atoms with E-state index in [0.29, 0.717) is 16.5 Å². The molecule has 6 nitrogen and oxygen atoms in total. The zero-order valence-corrected chi connectivity index (χ0v) is 15.4. The molecule has 136 valence electrons. The first-order chi connectivity index (χ1) is 12.6. The van der Waals surface area contributed by atoms with Crippen molar-refractivity contribution in [3.8, 4) is 0 Å². The monoisotopic (exact) mass is 371 g/mol. The van der Waals surface area contributed by atoms with Crippen molar-refractivity contribution in [2.75, 3.05) is 19.6 Å². The van der Waals surface area contributed by atoms with E-state index in [-0.39, 0.29) is 23.5 Å². The summed E-state index contributed by atoms with van der Waals surface area (Å²) in [5.74, 6) is 0.701. The largest absolute Gasteiger partial charge is 0.352 e. The highest BCUT2D eigenvalue weighted by Gasteiger charge is 2.34. The van der Waals surface area contributed by atoms with Gasteiger partial charge >= 0.3 is 0 Å². The second-order valence-electron chi connectivity index (χ2n) is 6.93. The highest BCUT2D eigenvalue weighted by Crippen LogP contribution is 2.29. The Morgan fingerprint density at radius 2 is 1.96 bits per heavy atom. The predicted molar refractivity (Wildman–Crippen MR) is 97.5 cm³/mol. The fourth-order valence-corrected chi connectivity index (χ4v) is 4.40. The van der Waals surface area contributed by atoms with Gasteiger partial charge in [0.05, 0.1) is 0 Å². The average molecular weight is 371 g/mol. The van der Waals surface area contributed by atoms with Crippen molar-refractivity contribution >= 4 is 23.5 Å². The maximum absolute atomic E-state index is 12.5. The molecule has 1 aromatic heterocycles. The molecule has 1 unspecified atom stereocenters. The van der Waals surface area contributed by atoms with E-state index in [1.54, 1.807) is 6.07 Å². The number of carbonyl (C=O) groups excluding carboxylic acids is 2. The lowest BCUT2D eigenvalue weighted by Gasteiger charge is -2.44. The van der Waals surface area contributed by atoms with Crippen molar-refractivity contribution in [1.29, 1.82) is 0 Å². The van der Waals surface area contributed by atoms with E-state index in [4.69, 9.17) is 4.52 Å². The van der Waals surface area contributed by atoms with Gasteiger partial charge in [0.1, 0.15) is 5.03 Å². The number of amides is 1. The third-order valence-corrected chi connectivity index (χ3v) is 6.06. The summed E-state index contributed by atoms with van der Waals surface area (Å²) in [6.45, 7) is 4.74. The van der Waals surface area contributed by atoms with E-state index in [9.17, 15) is 9.59 Å². The lowest BCUT2D eigenvalue weighted by atomic mass is 9.84. The third kappa shape index (κ3) is 3.68. The fraction of sp³-hybridized carbons (Fsp3) is 0.421. The molecule has 0 saturated carbocycles. The molecule has 0 spiro atoms. The van der Waals surface area contributed by atoms with Crippen LogP contribution in [-0.2, 0) is 0 Å². The molecule has 4 heterocycles. The van der Waals surface area contributed by atoms with Crippen molar-refractivity contribution in [1.82, 2.24) is 15.4 Å². The average Bonchev–Trinajstić information content (AvgIpc) is 3.12. The molecular formula is C19H21N3O3S. The number of carbonyl (C=O) groups is 2. The zero-order valence-electron chi connectivity index (χ0n) is 14.6. The van der Waals surface area contributed by atoms with Crippen LogP contribution in [0.25, 0.3) is 0 Å². The minimum Gasteiger partial charge on any atom is -0.352 e. The first-order valence-corrected chi connectivity index (χ1v) is 9.69. The zero-order chi connectivity index (χ0) is 18.1. The molecule has 7 heteroatoms. The number of hydrogen-bond donors (Lipinski definition) is 1. The number of hydrogen-bond acceptors (Lipinski definition) is 6. The molecule has 1 atom stereocenters. The molecule has 1 aromatic carbocycles. The summed E-state index contributed by atoms with van der Waals surface area (Å²) in [6, 6.07) is 9.31. The van der Waals surface area contributed by atoms with Gasteiger partial charge in [-0.2, -0.15) is 0 Å². The van der Waals surface area contributed by atoms with Crippen LogP contribution in [0.4, 0.5) is 0 Å². The first kappa shape index (κ1) is 17.3. The topological polar surface area (TPSA) is 75.4 Å². The Morgan fingerprint density at radius 3 is 2.54 bits per heavy atom. The van der Waals surface area contributed by atoms with Crippen molar-refractivity contribution in [3.05, 3.63) is 41.7 Å². The van der Waals surface area contributed by atoms with Gasteiger partial charge in [0, 0.05) is 36.0 Å². The van der Waals surface area contributed by atoms with Gasteiger partial charge in [-0.05, 0) is 56.1 Å². The summed E-state index contributed by atoms with van der Waals surface area (Å²) in [4.78, 5) is 27.2. The van der Waals surface area contributed by atoms with E-state index >= 15 is 0 Å². The molecule has 1 N–H and O–H groups in total. The molecule has 0 radical (unpaired) electrons. The van der Waals surface area contributed by atoms with Gasteiger partial charge in [0.2, 0.25) is 5.76 Å². The third-order valence-electron chi connectivity index (χ3n) is 5.15. The standard InChI is InChI=1S/C19H21N3O3S/c1-12(23)17-10-18(21-25-17)26-15-4-2-14(3-5-15)19(24)20-16-11-22-8-6-13(16)7-9-22/h2-5,10,13,16H,6-9,11H2,1H3,(H,20,24). The van der Waals surface area contributed by atoms with Crippen LogP contribution >= 0.6 is 11.8 Å². The minimum atomic E-state index is -0.149. The lowest BCUT2D eigenvalue weighted by molar-refractivity contribution is 0.0620.